The van der Waals surface area contributed by atoms with Gasteiger partial charge in [0, 0.05) is 16.0 Å². The van der Waals surface area contributed by atoms with Crippen molar-refractivity contribution < 1.29 is 17.0 Å². The van der Waals surface area contributed by atoms with Crippen LogP contribution in [0.4, 0.5) is 0 Å². The number of pyridine rings is 1. The maximum absolute atomic E-state index is 6.25. The van der Waals surface area contributed by atoms with E-state index in [-0.39, 0.29) is 12.4 Å². The first-order chi connectivity index (χ1) is 10.3. The number of imidazole rings is 1. The van der Waals surface area contributed by atoms with Gasteiger partial charge in [-0.05, 0) is 23.6 Å². The number of benzene rings is 2. The minimum Gasteiger partial charge on any atom is -1.00 e. The van der Waals surface area contributed by atoms with E-state index in [0.29, 0.717) is 0 Å². The fraction of sp³-hybridized carbons (Fsp3) is 0.0556. The fourth-order valence-electron chi connectivity index (χ4n) is 2.75. The van der Waals surface area contributed by atoms with Crippen LogP contribution in [0.25, 0.3) is 16.3 Å². The lowest BCUT2D eigenvalue weighted by atomic mass is 10.1. The van der Waals surface area contributed by atoms with Crippen molar-refractivity contribution in [2.75, 3.05) is 0 Å². The summed E-state index contributed by atoms with van der Waals surface area (Å²) in [6, 6.07) is 18.6. The third-order valence-corrected chi connectivity index (χ3v) is 4.17. The Balaban J connectivity index is 0.00000144. The van der Waals surface area contributed by atoms with Gasteiger partial charge in [-0.2, -0.15) is 0 Å². The van der Waals surface area contributed by atoms with E-state index in [1.807, 2.05) is 18.2 Å². The van der Waals surface area contributed by atoms with Gasteiger partial charge in [0.15, 0.2) is 5.52 Å². The fourth-order valence-corrected chi connectivity index (χ4v) is 2.95. The molecule has 2 heterocycles. The van der Waals surface area contributed by atoms with E-state index in [4.69, 9.17) is 11.6 Å². The van der Waals surface area contributed by atoms with E-state index in [9.17, 15) is 0 Å². The summed E-state index contributed by atoms with van der Waals surface area (Å²) in [6.45, 7) is 0.773. The summed E-state index contributed by atoms with van der Waals surface area (Å²) >= 11 is 6.25. The second kappa shape index (κ2) is 5.99. The highest BCUT2D eigenvalue weighted by Crippen LogP contribution is 2.19. The predicted molar refractivity (Wildman–Crippen MR) is 85.7 cm³/mol. The Morgan fingerprint density at radius 1 is 0.955 bits per heavy atom. The van der Waals surface area contributed by atoms with Gasteiger partial charge in [0.1, 0.15) is 12.7 Å². The zero-order valence-corrected chi connectivity index (χ0v) is 13.3. The zero-order valence-electron chi connectivity index (χ0n) is 11.8. The van der Waals surface area contributed by atoms with E-state index in [2.05, 4.69) is 64.1 Å². The molecular formula is C18H14Cl2N2. The average Bonchev–Trinajstić information content (AvgIpc) is 2.93. The van der Waals surface area contributed by atoms with Gasteiger partial charge in [-0.25, -0.2) is 8.97 Å². The van der Waals surface area contributed by atoms with Crippen LogP contribution in [0.3, 0.4) is 0 Å². The van der Waals surface area contributed by atoms with Crippen molar-refractivity contribution in [3.05, 3.63) is 83.9 Å². The quantitative estimate of drug-likeness (QED) is 0.487. The monoisotopic (exact) mass is 328 g/mol. The Morgan fingerprint density at radius 2 is 1.73 bits per heavy atom. The summed E-state index contributed by atoms with van der Waals surface area (Å²) in [5.74, 6) is 0. The Hall–Kier alpha value is -2.03. The van der Waals surface area contributed by atoms with Gasteiger partial charge in [-0.15, -0.1) is 0 Å². The summed E-state index contributed by atoms with van der Waals surface area (Å²) in [4.78, 5) is 0. The number of hydrogen-bond donors (Lipinski definition) is 0. The highest BCUT2D eigenvalue weighted by molar-refractivity contribution is 6.31. The molecule has 0 radical (unpaired) electrons. The highest BCUT2D eigenvalue weighted by Gasteiger charge is 2.11. The topological polar surface area (TPSA) is 8.29 Å². The molecule has 4 heteroatoms. The number of fused-ring (bicyclic) bond motifs is 3. The summed E-state index contributed by atoms with van der Waals surface area (Å²) < 4.78 is 4.32. The summed E-state index contributed by atoms with van der Waals surface area (Å²) in [7, 11) is 0. The second-order valence-electron chi connectivity index (χ2n) is 5.20. The van der Waals surface area contributed by atoms with Crippen molar-refractivity contribution >= 4 is 27.9 Å². The molecule has 0 N–H and O–H groups in total. The molecule has 2 aromatic heterocycles. The molecule has 0 aliphatic heterocycles. The van der Waals surface area contributed by atoms with Gasteiger partial charge < -0.3 is 12.4 Å². The second-order valence-corrected chi connectivity index (χ2v) is 5.61. The van der Waals surface area contributed by atoms with Crippen LogP contribution < -0.4 is 17.0 Å². The summed E-state index contributed by atoms with van der Waals surface area (Å²) in [5.41, 5.74) is 2.34. The van der Waals surface area contributed by atoms with Gasteiger partial charge in [0.05, 0.1) is 6.20 Å². The lowest BCUT2D eigenvalue weighted by molar-refractivity contribution is -0.686. The van der Waals surface area contributed by atoms with Gasteiger partial charge >= 0.3 is 0 Å². The number of halogens is 2. The molecule has 0 atom stereocenters. The number of rotatable bonds is 2. The maximum Gasteiger partial charge on any atom is 0.249 e. The van der Waals surface area contributed by atoms with Crippen LogP contribution in [-0.4, -0.2) is 4.40 Å². The number of hydrogen-bond acceptors (Lipinski definition) is 0. The molecule has 0 fully saturated rings. The van der Waals surface area contributed by atoms with E-state index in [1.54, 1.807) is 0 Å². The van der Waals surface area contributed by atoms with E-state index in [0.717, 1.165) is 17.1 Å². The molecule has 0 aliphatic rings. The van der Waals surface area contributed by atoms with Gasteiger partial charge in [-0.1, -0.05) is 48.0 Å². The van der Waals surface area contributed by atoms with Crippen LogP contribution in [0.1, 0.15) is 5.56 Å². The SMILES string of the molecule is Clc1ccccc1C[n+]1cc2c3ccccc3ccn2c1.[Cl-]. The van der Waals surface area contributed by atoms with Crippen LogP contribution >= 0.6 is 11.6 Å². The first-order valence-electron chi connectivity index (χ1n) is 6.93. The van der Waals surface area contributed by atoms with Gasteiger partial charge in [0.2, 0.25) is 6.33 Å². The predicted octanol–water partition coefficient (Wildman–Crippen LogP) is 1.09. The molecule has 4 aromatic rings. The first-order valence-corrected chi connectivity index (χ1v) is 7.31. The molecule has 0 saturated heterocycles. The third-order valence-electron chi connectivity index (χ3n) is 3.80. The summed E-state index contributed by atoms with van der Waals surface area (Å²) in [5, 5.41) is 3.33. The largest absolute Gasteiger partial charge is 1.00 e. The molecule has 0 aliphatic carbocycles. The third kappa shape index (κ3) is 2.56. The number of aromatic nitrogens is 2. The average molecular weight is 329 g/mol. The van der Waals surface area contributed by atoms with Crippen LogP contribution in [0, 0.1) is 0 Å². The Labute approximate surface area is 140 Å². The van der Waals surface area contributed by atoms with Crippen LogP contribution in [0.15, 0.2) is 73.3 Å². The van der Waals surface area contributed by atoms with E-state index >= 15 is 0 Å². The van der Waals surface area contributed by atoms with Crippen molar-refractivity contribution in [2.45, 2.75) is 6.54 Å². The molecule has 22 heavy (non-hydrogen) atoms. The summed E-state index contributed by atoms with van der Waals surface area (Å²) in [6.07, 6.45) is 6.37. The Morgan fingerprint density at radius 3 is 2.59 bits per heavy atom. The van der Waals surface area contributed by atoms with Crippen LogP contribution in [0.5, 0.6) is 0 Å². The molecule has 0 bridgehead atoms. The maximum atomic E-state index is 6.25. The van der Waals surface area contributed by atoms with Crippen molar-refractivity contribution in [3.8, 4) is 0 Å². The molecule has 0 unspecified atom stereocenters. The molecule has 0 amide bonds. The minimum atomic E-state index is 0. The van der Waals surface area contributed by atoms with Crippen molar-refractivity contribution in [2.24, 2.45) is 0 Å². The minimum absolute atomic E-state index is 0. The molecule has 0 saturated carbocycles. The van der Waals surface area contributed by atoms with Gasteiger partial charge in [0.25, 0.3) is 0 Å². The molecule has 110 valence electrons. The van der Waals surface area contributed by atoms with Crippen LogP contribution in [-0.2, 0) is 6.54 Å². The van der Waals surface area contributed by atoms with E-state index < -0.39 is 0 Å². The van der Waals surface area contributed by atoms with Crippen molar-refractivity contribution in [3.63, 3.8) is 0 Å². The molecule has 2 nitrogen and oxygen atoms in total. The smallest absolute Gasteiger partial charge is 0.249 e. The number of nitrogens with zero attached hydrogens (tertiary/aromatic N) is 2. The molecule has 0 spiro atoms. The molecule has 4 rings (SSSR count). The molecular weight excluding hydrogens is 315 g/mol. The molecule has 2 aromatic carbocycles. The van der Waals surface area contributed by atoms with E-state index in [1.165, 1.54) is 16.3 Å². The lowest BCUT2D eigenvalue weighted by Crippen LogP contribution is -3.00. The van der Waals surface area contributed by atoms with Gasteiger partial charge in [-0.3, -0.25) is 0 Å². The first kappa shape index (κ1) is 14.9. The lowest BCUT2D eigenvalue weighted by Gasteiger charge is -1.99. The normalized spacial score (nSPS) is 10.8. The highest BCUT2D eigenvalue weighted by atomic mass is 35.5. The zero-order chi connectivity index (χ0) is 14.2. The Kier molecular flexibility index (Phi) is 4.06. The van der Waals surface area contributed by atoms with Crippen molar-refractivity contribution in [1.29, 1.82) is 0 Å². The van der Waals surface area contributed by atoms with Crippen molar-refractivity contribution in [1.82, 2.24) is 4.40 Å². The Bertz CT molecular complexity index is 944. The van der Waals surface area contributed by atoms with Crippen LogP contribution in [0.2, 0.25) is 5.02 Å². The standard InChI is InChI=1S/C18H14ClN2.ClH/c19-17-8-4-2-6-15(17)11-20-12-18-16-7-3-1-5-14(16)9-10-21(18)13-20;/h1-10,12-13H,11H2;1H/q+1;/p-1.